The largest absolute Gasteiger partial charge is 0.507 e. The van der Waals surface area contributed by atoms with E-state index in [-0.39, 0.29) is 16.7 Å². The molecular formula is C31H29NO7. The summed E-state index contributed by atoms with van der Waals surface area (Å²) in [5.74, 6) is 0.299. The first-order chi connectivity index (χ1) is 18.7. The third-order valence-electron chi connectivity index (χ3n) is 7.16. The number of ketones is 1. The van der Waals surface area contributed by atoms with Crippen LogP contribution >= 0.6 is 0 Å². The smallest absolute Gasteiger partial charge is 0.300 e. The molecule has 0 saturated carbocycles. The van der Waals surface area contributed by atoms with E-state index in [2.05, 4.69) is 20.8 Å². The van der Waals surface area contributed by atoms with Gasteiger partial charge in [0.2, 0.25) is 0 Å². The van der Waals surface area contributed by atoms with E-state index in [4.69, 9.17) is 18.9 Å². The standard InChI is InChI=1S/C31H29NO7/c1-31(2,3)20-7-4-18(5-8-20)27-26(28(33)19-6-10-22-24(16-19)38-14-12-36-22)29(34)30(35)32(27)21-9-11-23-25(17-21)39-15-13-37-23/h4-11,16-17,27,33H,12-15H2,1-3H3/b28-26+. The van der Waals surface area contributed by atoms with Crippen molar-refractivity contribution in [1.82, 2.24) is 0 Å². The van der Waals surface area contributed by atoms with Gasteiger partial charge < -0.3 is 24.1 Å². The van der Waals surface area contributed by atoms with Crippen molar-refractivity contribution in [3.8, 4) is 23.0 Å². The number of carbonyl (C=O) groups is 2. The maximum absolute atomic E-state index is 13.6. The Kier molecular flexibility index (Phi) is 5.98. The molecule has 8 heteroatoms. The molecule has 1 saturated heterocycles. The van der Waals surface area contributed by atoms with E-state index in [1.54, 1.807) is 36.4 Å². The molecular weight excluding hydrogens is 498 g/mol. The van der Waals surface area contributed by atoms with Gasteiger partial charge in [-0.1, -0.05) is 45.0 Å². The van der Waals surface area contributed by atoms with Gasteiger partial charge in [0.15, 0.2) is 23.0 Å². The Morgan fingerprint density at radius 2 is 1.33 bits per heavy atom. The van der Waals surface area contributed by atoms with Crippen molar-refractivity contribution in [3.05, 3.63) is 82.9 Å². The molecule has 0 radical (unpaired) electrons. The van der Waals surface area contributed by atoms with Gasteiger partial charge in [-0.05, 0) is 46.9 Å². The van der Waals surface area contributed by atoms with Crippen molar-refractivity contribution in [2.24, 2.45) is 0 Å². The van der Waals surface area contributed by atoms with Crippen LogP contribution in [0.25, 0.3) is 5.76 Å². The number of amides is 1. The van der Waals surface area contributed by atoms with Gasteiger partial charge in [-0.2, -0.15) is 0 Å². The van der Waals surface area contributed by atoms with Gasteiger partial charge in [-0.3, -0.25) is 14.5 Å². The molecule has 8 nitrogen and oxygen atoms in total. The molecule has 0 aromatic heterocycles. The molecule has 200 valence electrons. The Hall–Kier alpha value is -4.46. The number of nitrogens with zero attached hydrogens (tertiary/aromatic N) is 1. The first kappa shape index (κ1) is 24.9. The quantitative estimate of drug-likeness (QED) is 0.286. The summed E-state index contributed by atoms with van der Waals surface area (Å²) in [5.41, 5.74) is 2.53. The van der Waals surface area contributed by atoms with Gasteiger partial charge in [0.1, 0.15) is 32.2 Å². The molecule has 0 aliphatic carbocycles. The summed E-state index contributed by atoms with van der Waals surface area (Å²) in [5, 5.41) is 11.5. The fourth-order valence-electron chi connectivity index (χ4n) is 5.11. The Labute approximate surface area is 226 Å². The van der Waals surface area contributed by atoms with Crippen molar-refractivity contribution in [3.63, 3.8) is 0 Å². The lowest BCUT2D eigenvalue weighted by atomic mass is 9.85. The zero-order valence-corrected chi connectivity index (χ0v) is 22.0. The zero-order valence-electron chi connectivity index (χ0n) is 22.0. The highest BCUT2D eigenvalue weighted by molar-refractivity contribution is 6.51. The zero-order chi connectivity index (χ0) is 27.3. The number of carbonyl (C=O) groups excluding carboxylic acids is 2. The van der Waals surface area contributed by atoms with E-state index >= 15 is 0 Å². The van der Waals surface area contributed by atoms with Gasteiger partial charge in [-0.15, -0.1) is 0 Å². The topological polar surface area (TPSA) is 94.5 Å². The Morgan fingerprint density at radius 3 is 1.95 bits per heavy atom. The van der Waals surface area contributed by atoms with Crippen molar-refractivity contribution in [2.75, 3.05) is 31.3 Å². The van der Waals surface area contributed by atoms with E-state index in [1.165, 1.54) is 4.90 Å². The molecule has 3 heterocycles. The molecule has 1 N–H and O–H groups in total. The number of Topliss-reactive ketones (excluding diaryl/α,β-unsaturated/α-hetero) is 1. The number of aliphatic hydroxyl groups excluding tert-OH is 1. The minimum Gasteiger partial charge on any atom is -0.507 e. The summed E-state index contributed by atoms with van der Waals surface area (Å²) in [7, 11) is 0. The Morgan fingerprint density at radius 1 is 0.769 bits per heavy atom. The summed E-state index contributed by atoms with van der Waals surface area (Å²) < 4.78 is 22.7. The number of anilines is 1. The maximum Gasteiger partial charge on any atom is 0.300 e. The fourth-order valence-corrected chi connectivity index (χ4v) is 5.11. The van der Waals surface area contributed by atoms with Gasteiger partial charge in [0, 0.05) is 17.3 Å². The summed E-state index contributed by atoms with van der Waals surface area (Å²) >= 11 is 0. The second-order valence-corrected chi connectivity index (χ2v) is 10.7. The van der Waals surface area contributed by atoms with Gasteiger partial charge in [0.25, 0.3) is 11.7 Å². The molecule has 3 aliphatic rings. The molecule has 0 bridgehead atoms. The van der Waals surface area contributed by atoms with E-state index in [1.807, 2.05) is 24.3 Å². The predicted octanol–water partition coefficient (Wildman–Crippen LogP) is 5.15. The molecule has 0 spiro atoms. The van der Waals surface area contributed by atoms with Crippen LogP contribution < -0.4 is 23.8 Å². The molecule has 3 aromatic rings. The molecule has 1 atom stereocenters. The third kappa shape index (κ3) is 4.35. The number of benzene rings is 3. The van der Waals surface area contributed by atoms with Crippen LogP contribution in [0.4, 0.5) is 5.69 Å². The average Bonchev–Trinajstić information content (AvgIpc) is 3.21. The molecule has 39 heavy (non-hydrogen) atoms. The normalized spacial score (nSPS) is 19.8. The minimum atomic E-state index is -0.866. The van der Waals surface area contributed by atoms with Crippen LogP contribution in [0.1, 0.15) is 43.5 Å². The number of hydrogen-bond donors (Lipinski definition) is 1. The Balaban J connectivity index is 1.51. The predicted molar refractivity (Wildman–Crippen MR) is 145 cm³/mol. The minimum absolute atomic E-state index is 0.00456. The van der Waals surface area contributed by atoms with Crippen molar-refractivity contribution < 1.29 is 33.6 Å². The number of fused-ring (bicyclic) bond motifs is 2. The van der Waals surface area contributed by atoms with E-state index in [0.717, 1.165) is 5.56 Å². The number of hydrogen-bond acceptors (Lipinski definition) is 7. The summed E-state index contributed by atoms with van der Waals surface area (Å²) in [6, 6.07) is 17.0. The van der Waals surface area contributed by atoms with E-state index < -0.39 is 17.7 Å². The molecule has 1 fully saturated rings. The van der Waals surface area contributed by atoms with E-state index in [9.17, 15) is 14.7 Å². The van der Waals surface area contributed by atoms with Crippen LogP contribution in [0.15, 0.2) is 66.2 Å². The highest BCUT2D eigenvalue weighted by Crippen LogP contribution is 2.45. The van der Waals surface area contributed by atoms with Crippen molar-refractivity contribution in [1.29, 1.82) is 0 Å². The van der Waals surface area contributed by atoms with Gasteiger partial charge in [-0.25, -0.2) is 0 Å². The number of ether oxygens (including phenoxy) is 4. The van der Waals surface area contributed by atoms with Crippen LogP contribution in [0, 0.1) is 0 Å². The van der Waals surface area contributed by atoms with Crippen LogP contribution in [-0.4, -0.2) is 43.2 Å². The highest BCUT2D eigenvalue weighted by atomic mass is 16.6. The van der Waals surface area contributed by atoms with Crippen molar-refractivity contribution in [2.45, 2.75) is 32.2 Å². The Bertz CT molecular complexity index is 1500. The van der Waals surface area contributed by atoms with Gasteiger partial charge in [0.05, 0.1) is 11.6 Å². The summed E-state index contributed by atoms with van der Waals surface area (Å²) in [6.07, 6.45) is 0. The van der Waals surface area contributed by atoms with E-state index in [0.29, 0.717) is 66.2 Å². The lowest BCUT2D eigenvalue weighted by molar-refractivity contribution is -0.132. The molecule has 6 rings (SSSR count). The molecule has 3 aromatic carbocycles. The lowest BCUT2D eigenvalue weighted by Gasteiger charge is -2.28. The first-order valence-electron chi connectivity index (χ1n) is 12.9. The van der Waals surface area contributed by atoms with Crippen LogP contribution in [0.3, 0.4) is 0 Å². The monoisotopic (exact) mass is 527 g/mol. The molecule has 3 aliphatic heterocycles. The second kappa shape index (κ2) is 9.38. The van der Waals surface area contributed by atoms with Gasteiger partial charge >= 0.3 is 0 Å². The second-order valence-electron chi connectivity index (χ2n) is 10.7. The first-order valence-corrected chi connectivity index (χ1v) is 12.9. The highest BCUT2D eigenvalue weighted by Gasteiger charge is 2.47. The average molecular weight is 528 g/mol. The summed E-state index contributed by atoms with van der Waals surface area (Å²) in [6.45, 7) is 7.99. The molecule has 1 amide bonds. The number of aliphatic hydroxyl groups is 1. The summed E-state index contributed by atoms with van der Waals surface area (Å²) in [4.78, 5) is 28.6. The van der Waals surface area contributed by atoms with Crippen LogP contribution in [0.2, 0.25) is 0 Å². The van der Waals surface area contributed by atoms with Crippen LogP contribution in [-0.2, 0) is 15.0 Å². The maximum atomic E-state index is 13.6. The van der Waals surface area contributed by atoms with Crippen molar-refractivity contribution >= 4 is 23.1 Å². The fraction of sp³-hybridized carbons (Fsp3) is 0.290. The third-order valence-corrected chi connectivity index (χ3v) is 7.16. The molecule has 1 unspecified atom stereocenters. The van der Waals surface area contributed by atoms with Crippen LogP contribution in [0.5, 0.6) is 23.0 Å². The number of rotatable bonds is 3. The lowest BCUT2D eigenvalue weighted by Crippen LogP contribution is -2.29. The SMILES string of the molecule is CC(C)(C)c1ccc(C2/C(=C(\O)c3ccc4c(c3)OCCO4)C(=O)C(=O)N2c2ccc3c(c2)OCCO3)cc1.